The quantitative estimate of drug-likeness (QED) is 0.614. The van der Waals surface area contributed by atoms with Gasteiger partial charge in [-0.1, -0.05) is 59.6 Å². The maximum absolute atomic E-state index is 12.7. The van der Waals surface area contributed by atoms with Crippen molar-refractivity contribution in [2.24, 2.45) is 0 Å². The highest BCUT2D eigenvalue weighted by Crippen LogP contribution is 2.50. The number of benzene rings is 2. The zero-order chi connectivity index (χ0) is 15.3. The number of alkyl halides is 2. The Morgan fingerprint density at radius 2 is 1.73 bits per heavy atom. The smallest absolute Gasteiger partial charge is 0.272 e. The van der Waals surface area contributed by atoms with Crippen molar-refractivity contribution in [1.82, 2.24) is 4.98 Å². The van der Waals surface area contributed by atoms with E-state index in [1.165, 1.54) is 4.90 Å². The molecule has 2 aromatic carbocycles. The van der Waals surface area contributed by atoms with Crippen molar-refractivity contribution in [3.8, 4) is 0 Å². The fourth-order valence-electron chi connectivity index (χ4n) is 2.74. The first-order valence-corrected chi connectivity index (χ1v) is 7.51. The minimum absolute atomic E-state index is 0.380. The molecule has 4 rings (SSSR count). The number of rotatable bonds is 1. The molecule has 3 nitrogen and oxygen atoms in total. The zero-order valence-electron chi connectivity index (χ0n) is 11.3. The Bertz CT molecular complexity index is 908. The number of amides is 1. The summed E-state index contributed by atoms with van der Waals surface area (Å²) in [7, 11) is 0. The molecule has 1 amide bonds. The average Bonchev–Trinajstić information content (AvgIpc) is 2.74. The van der Waals surface area contributed by atoms with Crippen molar-refractivity contribution in [1.29, 1.82) is 0 Å². The van der Waals surface area contributed by atoms with Crippen LogP contribution in [0.25, 0.3) is 10.9 Å². The van der Waals surface area contributed by atoms with Crippen LogP contribution in [0.5, 0.6) is 0 Å². The number of nitrogens with zero attached hydrogens (tertiary/aromatic N) is 2. The summed E-state index contributed by atoms with van der Waals surface area (Å²) in [6.45, 7) is 0. The molecule has 0 fully saturated rings. The van der Waals surface area contributed by atoms with Crippen LogP contribution in [-0.4, -0.2) is 10.9 Å². The monoisotopic (exact) mass is 328 g/mol. The largest absolute Gasteiger partial charge is 0.276 e. The van der Waals surface area contributed by atoms with Crippen molar-refractivity contribution in [3.63, 3.8) is 0 Å². The van der Waals surface area contributed by atoms with E-state index in [-0.39, 0.29) is 5.91 Å². The van der Waals surface area contributed by atoms with Gasteiger partial charge in [-0.2, -0.15) is 0 Å². The SMILES string of the molecule is O=C1N(c2cnc3ccccc3c2)c2ccccc2C1(Cl)Cl. The van der Waals surface area contributed by atoms with Gasteiger partial charge < -0.3 is 0 Å². The van der Waals surface area contributed by atoms with Gasteiger partial charge in [0.05, 0.1) is 23.1 Å². The lowest BCUT2D eigenvalue weighted by Gasteiger charge is -2.18. The van der Waals surface area contributed by atoms with Crippen LogP contribution in [0.3, 0.4) is 0 Å². The number of hydrogen-bond donors (Lipinski definition) is 0. The fraction of sp³-hybridized carbons (Fsp3) is 0.0588. The second-order valence-corrected chi connectivity index (χ2v) is 6.45. The molecule has 108 valence electrons. The fourth-order valence-corrected chi connectivity index (χ4v) is 3.23. The van der Waals surface area contributed by atoms with Crippen molar-refractivity contribution < 1.29 is 4.79 Å². The van der Waals surface area contributed by atoms with Crippen LogP contribution >= 0.6 is 23.2 Å². The molecule has 0 unspecified atom stereocenters. The first-order chi connectivity index (χ1) is 10.6. The maximum atomic E-state index is 12.7. The molecule has 0 saturated carbocycles. The van der Waals surface area contributed by atoms with E-state index < -0.39 is 4.33 Å². The van der Waals surface area contributed by atoms with E-state index >= 15 is 0 Å². The molecule has 0 bridgehead atoms. The molecule has 1 aliphatic heterocycles. The van der Waals surface area contributed by atoms with E-state index in [9.17, 15) is 4.79 Å². The van der Waals surface area contributed by atoms with Gasteiger partial charge in [-0.05, 0) is 18.2 Å². The molecule has 22 heavy (non-hydrogen) atoms. The summed E-state index contributed by atoms with van der Waals surface area (Å²) < 4.78 is -1.57. The summed E-state index contributed by atoms with van der Waals surface area (Å²) in [5.74, 6) is -0.380. The van der Waals surface area contributed by atoms with E-state index in [1.807, 2.05) is 48.5 Å². The third kappa shape index (κ3) is 1.83. The van der Waals surface area contributed by atoms with Gasteiger partial charge in [0.15, 0.2) is 0 Å². The summed E-state index contributed by atoms with van der Waals surface area (Å²) in [6.07, 6.45) is 1.66. The second-order valence-electron chi connectivity index (χ2n) is 5.12. The number of hydrogen-bond acceptors (Lipinski definition) is 2. The summed E-state index contributed by atoms with van der Waals surface area (Å²) in [6, 6.07) is 16.9. The number of aromatic nitrogens is 1. The molecule has 0 atom stereocenters. The van der Waals surface area contributed by atoms with Gasteiger partial charge in [-0.25, -0.2) is 0 Å². The first-order valence-electron chi connectivity index (χ1n) is 6.76. The van der Waals surface area contributed by atoms with Crippen molar-refractivity contribution in [2.75, 3.05) is 4.90 Å². The zero-order valence-corrected chi connectivity index (χ0v) is 12.8. The van der Waals surface area contributed by atoms with E-state index in [2.05, 4.69) is 4.98 Å². The Kier molecular flexibility index (Phi) is 2.90. The number of carbonyl (C=O) groups excluding carboxylic acids is 1. The predicted molar refractivity (Wildman–Crippen MR) is 88.7 cm³/mol. The topological polar surface area (TPSA) is 33.2 Å². The second kappa shape index (κ2) is 4.70. The molecular weight excluding hydrogens is 319 g/mol. The van der Waals surface area contributed by atoms with Crippen LogP contribution in [0.4, 0.5) is 11.4 Å². The summed E-state index contributed by atoms with van der Waals surface area (Å²) in [4.78, 5) is 18.6. The van der Waals surface area contributed by atoms with Crippen LogP contribution < -0.4 is 4.90 Å². The molecule has 0 spiro atoms. The van der Waals surface area contributed by atoms with Gasteiger partial charge in [-0.3, -0.25) is 14.7 Å². The normalized spacial score (nSPS) is 16.1. The standard InChI is InChI=1S/C17H10Cl2N2O/c18-17(19)13-6-2-4-8-15(13)21(16(17)22)12-9-11-5-1-3-7-14(11)20-10-12/h1-10H. The molecule has 2 heterocycles. The lowest BCUT2D eigenvalue weighted by Crippen LogP contribution is -2.29. The van der Waals surface area contributed by atoms with E-state index in [1.54, 1.807) is 12.3 Å². The van der Waals surface area contributed by atoms with E-state index in [4.69, 9.17) is 23.2 Å². The predicted octanol–water partition coefficient (Wildman–Crippen LogP) is 4.54. The molecule has 3 aromatic rings. The highest BCUT2D eigenvalue weighted by molar-refractivity contribution is 6.60. The van der Waals surface area contributed by atoms with Gasteiger partial charge in [0.2, 0.25) is 4.33 Å². The van der Waals surface area contributed by atoms with Crippen molar-refractivity contribution in [2.45, 2.75) is 4.33 Å². The van der Waals surface area contributed by atoms with Crippen LogP contribution in [0.15, 0.2) is 60.8 Å². The number of halogens is 2. The van der Waals surface area contributed by atoms with Crippen LogP contribution in [-0.2, 0) is 9.13 Å². The minimum atomic E-state index is -1.57. The summed E-state index contributed by atoms with van der Waals surface area (Å²) in [5, 5.41) is 0.951. The van der Waals surface area contributed by atoms with Crippen LogP contribution in [0.2, 0.25) is 0 Å². The highest BCUT2D eigenvalue weighted by Gasteiger charge is 2.49. The Hall–Kier alpha value is -2.10. The number of fused-ring (bicyclic) bond motifs is 2. The molecule has 1 aromatic heterocycles. The van der Waals surface area contributed by atoms with E-state index in [0.29, 0.717) is 16.9 Å². The summed E-state index contributed by atoms with van der Waals surface area (Å²) in [5.41, 5.74) is 2.81. The van der Waals surface area contributed by atoms with Gasteiger partial charge in [0.1, 0.15) is 0 Å². The number of para-hydroxylation sites is 2. The molecule has 0 radical (unpaired) electrons. The first kappa shape index (κ1) is 13.6. The molecule has 0 saturated heterocycles. The minimum Gasteiger partial charge on any atom is -0.276 e. The Morgan fingerprint density at radius 3 is 2.59 bits per heavy atom. The van der Waals surface area contributed by atoms with Gasteiger partial charge in [-0.15, -0.1) is 0 Å². The van der Waals surface area contributed by atoms with Gasteiger partial charge in [0, 0.05) is 10.9 Å². The molecule has 1 aliphatic rings. The van der Waals surface area contributed by atoms with Crippen LogP contribution in [0.1, 0.15) is 5.56 Å². The summed E-state index contributed by atoms with van der Waals surface area (Å²) >= 11 is 12.5. The third-order valence-electron chi connectivity index (χ3n) is 3.79. The lowest BCUT2D eigenvalue weighted by molar-refractivity contribution is -0.118. The van der Waals surface area contributed by atoms with Gasteiger partial charge in [0.25, 0.3) is 5.91 Å². The number of anilines is 2. The third-order valence-corrected chi connectivity index (χ3v) is 4.52. The maximum Gasteiger partial charge on any atom is 0.272 e. The average molecular weight is 329 g/mol. The molecule has 0 aliphatic carbocycles. The van der Waals surface area contributed by atoms with Crippen LogP contribution in [0, 0.1) is 0 Å². The molecule has 0 N–H and O–H groups in total. The number of pyridine rings is 1. The van der Waals surface area contributed by atoms with Crippen molar-refractivity contribution in [3.05, 3.63) is 66.4 Å². The Balaban J connectivity index is 1.93. The number of carbonyl (C=O) groups is 1. The van der Waals surface area contributed by atoms with E-state index in [0.717, 1.165) is 10.9 Å². The van der Waals surface area contributed by atoms with Gasteiger partial charge >= 0.3 is 0 Å². The Morgan fingerprint density at radius 1 is 1.00 bits per heavy atom. The lowest BCUT2D eigenvalue weighted by atomic mass is 10.1. The molecule has 5 heteroatoms. The Labute approximate surface area is 137 Å². The van der Waals surface area contributed by atoms with Crippen molar-refractivity contribution >= 4 is 51.4 Å². The molecular formula is C17H10Cl2N2O. The highest BCUT2D eigenvalue weighted by atomic mass is 35.5.